The Kier molecular flexibility index (Phi) is 3.59. The molecule has 0 bridgehead atoms. The lowest BCUT2D eigenvalue weighted by molar-refractivity contribution is 0.447. The van der Waals surface area contributed by atoms with Crippen LogP contribution in [0.5, 0.6) is 11.5 Å². The zero-order chi connectivity index (χ0) is 17.9. The van der Waals surface area contributed by atoms with Crippen LogP contribution in [0.1, 0.15) is 16.7 Å². The van der Waals surface area contributed by atoms with E-state index in [1.807, 2.05) is 26.0 Å². The molecule has 0 saturated carbocycles. The largest absolute Gasteiger partial charge is 0.507 e. The normalized spacial score (nSPS) is 12.5. The minimum atomic E-state index is -0.172. The standard InChI is InChI=1S/C18H13BrN2O3S/c1-8-3-12-13(4-9(8)2)21-17(24)16(25-18(21)20-12)6-10-5-11(19)15(23)7-14(10)22/h3-7,22-23H,1-2H3/b16-6-. The fraction of sp³-hybridized carbons (Fsp3) is 0.111. The third kappa shape index (κ3) is 2.51. The van der Waals surface area contributed by atoms with Crippen molar-refractivity contribution in [3.8, 4) is 11.5 Å². The van der Waals surface area contributed by atoms with Gasteiger partial charge in [0.25, 0.3) is 5.56 Å². The molecule has 4 rings (SSSR count). The number of aromatic nitrogens is 2. The Balaban J connectivity index is 2.01. The quantitative estimate of drug-likeness (QED) is 0.499. The molecule has 0 aliphatic heterocycles. The highest BCUT2D eigenvalue weighted by molar-refractivity contribution is 9.10. The topological polar surface area (TPSA) is 74.8 Å². The van der Waals surface area contributed by atoms with Gasteiger partial charge in [0, 0.05) is 11.6 Å². The number of nitrogens with zero attached hydrogens (tertiary/aromatic N) is 2. The number of aryl methyl sites for hydroxylation is 2. The zero-order valence-corrected chi connectivity index (χ0v) is 15.8. The van der Waals surface area contributed by atoms with Gasteiger partial charge >= 0.3 is 0 Å². The molecular weight excluding hydrogens is 404 g/mol. The summed E-state index contributed by atoms with van der Waals surface area (Å²) in [7, 11) is 0. The number of aromatic hydroxyl groups is 2. The van der Waals surface area contributed by atoms with Crippen molar-refractivity contribution in [3.63, 3.8) is 0 Å². The Hall–Kier alpha value is -2.38. The number of phenolic OH excluding ortho intramolecular Hbond substituents is 2. The molecule has 0 aliphatic carbocycles. The molecule has 7 heteroatoms. The summed E-state index contributed by atoms with van der Waals surface area (Å²) in [4.78, 5) is 18.0. The van der Waals surface area contributed by atoms with E-state index in [-0.39, 0.29) is 17.1 Å². The minimum Gasteiger partial charge on any atom is -0.507 e. The van der Waals surface area contributed by atoms with Crippen molar-refractivity contribution < 1.29 is 10.2 Å². The molecule has 126 valence electrons. The molecule has 5 nitrogen and oxygen atoms in total. The van der Waals surface area contributed by atoms with Crippen molar-refractivity contribution in [1.29, 1.82) is 0 Å². The van der Waals surface area contributed by atoms with Gasteiger partial charge in [0.1, 0.15) is 11.5 Å². The number of halogens is 1. The van der Waals surface area contributed by atoms with Gasteiger partial charge < -0.3 is 10.2 Å². The number of fused-ring (bicyclic) bond motifs is 3. The molecule has 0 spiro atoms. The highest BCUT2D eigenvalue weighted by atomic mass is 79.9. The van der Waals surface area contributed by atoms with Gasteiger partial charge in [0.15, 0.2) is 4.96 Å². The van der Waals surface area contributed by atoms with E-state index in [0.29, 0.717) is 19.5 Å². The van der Waals surface area contributed by atoms with Gasteiger partial charge in [0.05, 0.1) is 20.0 Å². The van der Waals surface area contributed by atoms with Crippen LogP contribution in [0.15, 0.2) is 33.5 Å². The van der Waals surface area contributed by atoms with Crippen molar-refractivity contribution in [2.75, 3.05) is 0 Å². The Labute approximate surface area is 154 Å². The van der Waals surface area contributed by atoms with Gasteiger partial charge in [-0.2, -0.15) is 0 Å². The molecule has 2 heterocycles. The van der Waals surface area contributed by atoms with Gasteiger partial charge in [-0.1, -0.05) is 11.3 Å². The lowest BCUT2D eigenvalue weighted by Gasteiger charge is -2.01. The van der Waals surface area contributed by atoms with Crippen LogP contribution in [0.25, 0.3) is 22.1 Å². The van der Waals surface area contributed by atoms with E-state index >= 15 is 0 Å². The summed E-state index contributed by atoms with van der Waals surface area (Å²) in [6.07, 6.45) is 1.61. The van der Waals surface area contributed by atoms with Gasteiger partial charge in [0.2, 0.25) is 0 Å². The van der Waals surface area contributed by atoms with Crippen LogP contribution < -0.4 is 10.1 Å². The van der Waals surface area contributed by atoms with Gasteiger partial charge in [-0.3, -0.25) is 4.79 Å². The number of hydrogen-bond acceptors (Lipinski definition) is 5. The number of phenols is 2. The second-order valence-corrected chi connectivity index (χ2v) is 7.80. The summed E-state index contributed by atoms with van der Waals surface area (Å²) in [5.74, 6) is -0.155. The van der Waals surface area contributed by atoms with E-state index in [1.54, 1.807) is 16.5 Å². The van der Waals surface area contributed by atoms with E-state index in [1.165, 1.54) is 17.4 Å². The second kappa shape index (κ2) is 5.57. The molecule has 0 atom stereocenters. The summed E-state index contributed by atoms with van der Waals surface area (Å²) >= 11 is 4.48. The molecule has 2 aromatic heterocycles. The van der Waals surface area contributed by atoms with E-state index in [9.17, 15) is 15.0 Å². The average molecular weight is 417 g/mol. The van der Waals surface area contributed by atoms with Crippen molar-refractivity contribution >= 4 is 49.3 Å². The summed E-state index contributed by atoms with van der Waals surface area (Å²) in [5.41, 5.74) is 4.10. The smallest absolute Gasteiger partial charge is 0.274 e. The van der Waals surface area contributed by atoms with Crippen LogP contribution >= 0.6 is 27.3 Å². The first-order valence-electron chi connectivity index (χ1n) is 7.50. The zero-order valence-electron chi connectivity index (χ0n) is 13.4. The molecule has 0 amide bonds. The second-order valence-electron chi connectivity index (χ2n) is 5.93. The summed E-state index contributed by atoms with van der Waals surface area (Å²) in [6, 6.07) is 6.76. The van der Waals surface area contributed by atoms with Crippen LogP contribution in [0.2, 0.25) is 0 Å². The molecule has 0 aliphatic rings. The summed E-state index contributed by atoms with van der Waals surface area (Å²) in [5, 5.41) is 19.6. The lowest BCUT2D eigenvalue weighted by Crippen LogP contribution is -2.22. The summed E-state index contributed by atoms with van der Waals surface area (Å²) in [6.45, 7) is 4.02. The predicted octanol–water partition coefficient (Wildman–Crippen LogP) is 3.25. The van der Waals surface area contributed by atoms with Crippen molar-refractivity contribution in [2.45, 2.75) is 13.8 Å². The van der Waals surface area contributed by atoms with Crippen molar-refractivity contribution in [1.82, 2.24) is 9.38 Å². The van der Waals surface area contributed by atoms with Crippen molar-refractivity contribution in [3.05, 3.63) is 60.3 Å². The lowest BCUT2D eigenvalue weighted by atomic mass is 10.1. The number of hydrogen-bond donors (Lipinski definition) is 2. The first kappa shape index (κ1) is 16.1. The molecule has 2 N–H and O–H groups in total. The molecule has 0 radical (unpaired) electrons. The van der Waals surface area contributed by atoms with Gasteiger partial charge in [-0.05, 0) is 65.2 Å². The first-order chi connectivity index (χ1) is 11.8. The molecule has 25 heavy (non-hydrogen) atoms. The van der Waals surface area contributed by atoms with E-state index in [2.05, 4.69) is 20.9 Å². The monoisotopic (exact) mass is 416 g/mol. The number of thiazole rings is 1. The van der Waals surface area contributed by atoms with Crippen LogP contribution in [-0.2, 0) is 0 Å². The Morgan fingerprint density at radius 2 is 1.84 bits per heavy atom. The minimum absolute atomic E-state index is 0.0604. The Bertz CT molecular complexity index is 1270. The molecule has 0 saturated heterocycles. The van der Waals surface area contributed by atoms with Gasteiger partial charge in [-0.25, -0.2) is 9.38 Å². The number of benzene rings is 2. The van der Waals surface area contributed by atoms with E-state index in [0.717, 1.165) is 22.2 Å². The van der Waals surface area contributed by atoms with Crippen LogP contribution in [-0.4, -0.2) is 19.6 Å². The fourth-order valence-electron chi connectivity index (χ4n) is 2.74. The van der Waals surface area contributed by atoms with Crippen LogP contribution in [0, 0.1) is 13.8 Å². The predicted molar refractivity (Wildman–Crippen MR) is 103 cm³/mol. The number of rotatable bonds is 1. The van der Waals surface area contributed by atoms with E-state index < -0.39 is 0 Å². The van der Waals surface area contributed by atoms with Crippen molar-refractivity contribution in [2.24, 2.45) is 0 Å². The average Bonchev–Trinajstić information content (AvgIpc) is 3.03. The highest BCUT2D eigenvalue weighted by Crippen LogP contribution is 2.31. The van der Waals surface area contributed by atoms with Crippen LogP contribution in [0.3, 0.4) is 0 Å². The first-order valence-corrected chi connectivity index (χ1v) is 9.11. The maximum absolute atomic E-state index is 12.8. The Morgan fingerprint density at radius 1 is 1.12 bits per heavy atom. The molecule has 0 fully saturated rings. The molecule has 2 aromatic carbocycles. The number of imidazole rings is 1. The van der Waals surface area contributed by atoms with E-state index in [4.69, 9.17) is 0 Å². The molecular formula is C18H13BrN2O3S. The highest BCUT2D eigenvalue weighted by Gasteiger charge is 2.13. The van der Waals surface area contributed by atoms with Gasteiger partial charge in [-0.15, -0.1) is 0 Å². The molecule has 4 aromatic rings. The summed E-state index contributed by atoms with van der Waals surface area (Å²) < 4.78 is 2.52. The Morgan fingerprint density at radius 3 is 2.60 bits per heavy atom. The van der Waals surface area contributed by atoms with Crippen LogP contribution in [0.4, 0.5) is 0 Å². The molecule has 0 unspecified atom stereocenters. The third-order valence-electron chi connectivity index (χ3n) is 4.24. The maximum Gasteiger partial charge on any atom is 0.274 e. The SMILES string of the molecule is Cc1cc2nc3s/c(=C\c4cc(Br)c(O)cc4O)c(=O)n3c2cc1C. The third-order valence-corrected chi connectivity index (χ3v) is 5.84. The fourth-order valence-corrected chi connectivity index (χ4v) is 4.08. The maximum atomic E-state index is 12.8.